The average molecular weight is 332 g/mol. The van der Waals surface area contributed by atoms with E-state index in [0.717, 1.165) is 37.7 Å². The maximum absolute atomic E-state index is 11.9. The quantitative estimate of drug-likeness (QED) is 0.795. The zero-order chi connectivity index (χ0) is 17.8. The second-order valence-electron chi connectivity index (χ2n) is 8.39. The zero-order valence-corrected chi connectivity index (χ0v) is 14.8. The van der Waals surface area contributed by atoms with Crippen LogP contribution < -0.4 is 0 Å². The van der Waals surface area contributed by atoms with E-state index >= 15 is 0 Å². The normalized spacial score (nSPS) is 34.8. The summed E-state index contributed by atoms with van der Waals surface area (Å²) >= 11 is 0. The van der Waals surface area contributed by atoms with Crippen LogP contribution in [0.2, 0.25) is 0 Å². The predicted octanol–water partition coefficient (Wildman–Crippen LogP) is 2.98. The van der Waals surface area contributed by atoms with E-state index in [1.54, 1.807) is 6.92 Å². The van der Waals surface area contributed by atoms with Gasteiger partial charge in [0.25, 0.3) is 0 Å². The molecule has 0 radical (unpaired) electrons. The van der Waals surface area contributed by atoms with Crippen molar-refractivity contribution in [3.63, 3.8) is 0 Å². The molecule has 24 heavy (non-hydrogen) atoms. The molecule has 0 spiro atoms. The zero-order valence-electron chi connectivity index (χ0n) is 14.8. The molecule has 4 heteroatoms. The first kappa shape index (κ1) is 17.4. The van der Waals surface area contributed by atoms with E-state index in [1.165, 1.54) is 11.1 Å². The van der Waals surface area contributed by atoms with Crippen LogP contribution in [0.5, 0.6) is 0 Å². The molecule has 0 saturated heterocycles. The van der Waals surface area contributed by atoms with E-state index in [1.807, 2.05) is 19.1 Å². The number of aliphatic hydroxyl groups is 2. The minimum absolute atomic E-state index is 0.132. The summed E-state index contributed by atoms with van der Waals surface area (Å²) in [5.74, 6) is -0.547. The number of hydrogen-bond donors (Lipinski definition) is 3. The van der Waals surface area contributed by atoms with Gasteiger partial charge in [-0.3, -0.25) is 4.79 Å². The van der Waals surface area contributed by atoms with Gasteiger partial charge in [-0.25, -0.2) is 0 Å². The molecule has 0 aromatic heterocycles. The highest BCUT2D eigenvalue weighted by Crippen LogP contribution is 2.57. The molecule has 4 nitrogen and oxygen atoms in total. The first-order valence-corrected chi connectivity index (χ1v) is 8.86. The number of aryl methyl sites for hydroxylation is 1. The minimum Gasteiger partial charge on any atom is -0.481 e. The molecule has 0 bridgehead atoms. The van der Waals surface area contributed by atoms with Crippen molar-refractivity contribution in [1.29, 1.82) is 0 Å². The lowest BCUT2D eigenvalue weighted by molar-refractivity contribution is -0.157. The third-order valence-electron chi connectivity index (χ3n) is 6.77. The highest BCUT2D eigenvalue weighted by molar-refractivity contribution is 5.75. The summed E-state index contributed by atoms with van der Waals surface area (Å²) in [4.78, 5) is 11.9. The number of benzene rings is 1. The minimum atomic E-state index is -1.24. The molecule has 0 amide bonds. The van der Waals surface area contributed by atoms with Crippen LogP contribution in [0.25, 0.3) is 0 Å². The summed E-state index contributed by atoms with van der Waals surface area (Å²) in [6.07, 6.45) is 4.36. The van der Waals surface area contributed by atoms with Gasteiger partial charge in [0.15, 0.2) is 0 Å². The fraction of sp³-hybridized carbons (Fsp3) is 0.650. The van der Waals surface area contributed by atoms with Gasteiger partial charge in [0.2, 0.25) is 0 Å². The van der Waals surface area contributed by atoms with Gasteiger partial charge in [0.05, 0.1) is 12.0 Å². The Hall–Kier alpha value is -1.39. The van der Waals surface area contributed by atoms with Gasteiger partial charge in [-0.1, -0.05) is 31.5 Å². The molecule has 1 fully saturated rings. The highest BCUT2D eigenvalue weighted by atomic mass is 16.4. The molecular weight excluding hydrogens is 304 g/mol. The van der Waals surface area contributed by atoms with Crippen LogP contribution >= 0.6 is 0 Å². The number of aliphatic carboxylic acids is 1. The summed E-state index contributed by atoms with van der Waals surface area (Å²) in [5.41, 5.74) is 1.10. The predicted molar refractivity (Wildman–Crippen MR) is 91.9 cm³/mol. The third kappa shape index (κ3) is 2.39. The number of hydrogen-bond acceptors (Lipinski definition) is 3. The molecule has 2 aliphatic carbocycles. The number of carbonyl (C=O) groups is 1. The second kappa shape index (κ2) is 5.57. The van der Waals surface area contributed by atoms with Crippen LogP contribution in [0.4, 0.5) is 0 Å². The van der Waals surface area contributed by atoms with Gasteiger partial charge in [-0.05, 0) is 67.6 Å². The summed E-state index contributed by atoms with van der Waals surface area (Å²) in [7, 11) is 0. The Kier molecular flexibility index (Phi) is 4.04. The van der Waals surface area contributed by atoms with E-state index in [9.17, 15) is 20.1 Å². The topological polar surface area (TPSA) is 77.8 Å². The average Bonchev–Trinajstić information content (AvgIpc) is 2.54. The van der Waals surface area contributed by atoms with Gasteiger partial charge in [-0.2, -0.15) is 0 Å². The molecule has 4 atom stereocenters. The molecule has 0 heterocycles. The van der Waals surface area contributed by atoms with Crippen LogP contribution in [0.3, 0.4) is 0 Å². The van der Waals surface area contributed by atoms with E-state index < -0.39 is 17.0 Å². The van der Waals surface area contributed by atoms with Gasteiger partial charge in [-0.15, -0.1) is 0 Å². The molecule has 0 aliphatic heterocycles. The Morgan fingerprint density at radius 3 is 2.67 bits per heavy atom. The number of rotatable bonds is 3. The van der Waals surface area contributed by atoms with Gasteiger partial charge in [0.1, 0.15) is 5.60 Å². The Morgan fingerprint density at radius 1 is 1.33 bits per heavy atom. The van der Waals surface area contributed by atoms with E-state index in [4.69, 9.17) is 0 Å². The Bertz CT molecular complexity index is 666. The van der Waals surface area contributed by atoms with Crippen molar-refractivity contribution < 1.29 is 20.1 Å². The number of carboxylic acids is 1. The second-order valence-corrected chi connectivity index (χ2v) is 8.39. The molecule has 1 aromatic rings. The van der Waals surface area contributed by atoms with Gasteiger partial charge >= 0.3 is 5.97 Å². The molecule has 2 aliphatic rings. The Morgan fingerprint density at radius 2 is 2.04 bits per heavy atom. The van der Waals surface area contributed by atoms with E-state index in [0.29, 0.717) is 0 Å². The smallest absolute Gasteiger partial charge is 0.309 e. The first-order chi connectivity index (χ1) is 11.1. The molecule has 1 aromatic carbocycles. The Labute approximate surface area is 143 Å². The summed E-state index contributed by atoms with van der Waals surface area (Å²) in [6, 6.07) is 5.93. The lowest BCUT2D eigenvalue weighted by atomic mass is 9.50. The number of aliphatic hydroxyl groups excluding tert-OH is 1. The molecule has 3 N–H and O–H groups in total. The Balaban J connectivity index is 2.06. The molecule has 132 valence electrons. The van der Waals surface area contributed by atoms with E-state index in [2.05, 4.69) is 13.0 Å². The van der Waals surface area contributed by atoms with Crippen LogP contribution in [-0.2, 0) is 22.2 Å². The maximum Gasteiger partial charge on any atom is 0.309 e. The van der Waals surface area contributed by atoms with Crippen LogP contribution in [0, 0.1) is 11.3 Å². The SMILES string of the molecule is C[C@@](O)(CO)c1ccc2c(c1)CC[C@H]1[C@@](C)(C(=O)O)CCC[C@]21C. The van der Waals surface area contributed by atoms with Crippen molar-refractivity contribution in [3.05, 3.63) is 34.9 Å². The van der Waals surface area contributed by atoms with Crippen molar-refractivity contribution in [1.82, 2.24) is 0 Å². The van der Waals surface area contributed by atoms with Crippen molar-refractivity contribution in [2.75, 3.05) is 6.61 Å². The van der Waals surface area contributed by atoms with Gasteiger partial charge < -0.3 is 15.3 Å². The van der Waals surface area contributed by atoms with Crippen molar-refractivity contribution in [2.45, 2.75) is 63.9 Å². The van der Waals surface area contributed by atoms with Crippen molar-refractivity contribution in [2.24, 2.45) is 11.3 Å². The first-order valence-electron chi connectivity index (χ1n) is 8.86. The summed E-state index contributed by atoms with van der Waals surface area (Å²) < 4.78 is 0. The maximum atomic E-state index is 11.9. The summed E-state index contributed by atoms with van der Waals surface area (Å²) in [5, 5.41) is 29.5. The van der Waals surface area contributed by atoms with Crippen LogP contribution in [-0.4, -0.2) is 27.9 Å². The largest absolute Gasteiger partial charge is 0.481 e. The lowest BCUT2D eigenvalue weighted by Crippen LogP contribution is -2.52. The highest BCUT2D eigenvalue weighted by Gasteiger charge is 2.55. The summed E-state index contributed by atoms with van der Waals surface area (Å²) in [6.45, 7) is 5.42. The number of carboxylic acid groups (broad SMARTS) is 1. The monoisotopic (exact) mass is 332 g/mol. The van der Waals surface area contributed by atoms with Crippen LogP contribution in [0.15, 0.2) is 18.2 Å². The third-order valence-corrected chi connectivity index (χ3v) is 6.77. The number of fused-ring (bicyclic) bond motifs is 3. The fourth-order valence-electron chi connectivity index (χ4n) is 5.17. The molecule has 1 saturated carbocycles. The molecule has 0 unspecified atom stereocenters. The molecule has 3 rings (SSSR count). The van der Waals surface area contributed by atoms with Crippen molar-refractivity contribution in [3.8, 4) is 0 Å². The lowest BCUT2D eigenvalue weighted by Gasteiger charge is -2.53. The van der Waals surface area contributed by atoms with Crippen LogP contribution in [0.1, 0.15) is 63.1 Å². The van der Waals surface area contributed by atoms with Gasteiger partial charge in [0, 0.05) is 0 Å². The van der Waals surface area contributed by atoms with E-state index in [-0.39, 0.29) is 17.9 Å². The fourth-order valence-corrected chi connectivity index (χ4v) is 5.17. The standard InChI is InChI=1S/C20H28O4/c1-18-9-4-10-19(2,17(22)23)16(18)8-5-13-11-14(6-7-15(13)18)20(3,24)12-21/h6-7,11,16,21,24H,4-5,8-10,12H2,1-3H3,(H,22,23)/t16-,18-,19+,20-/m1/s1. The van der Waals surface area contributed by atoms with Crippen molar-refractivity contribution >= 4 is 5.97 Å². The molecular formula is C20H28O4.